The van der Waals surface area contributed by atoms with Crippen LogP contribution in [0.2, 0.25) is 0 Å². The molecule has 1 amide bonds. The van der Waals surface area contributed by atoms with Gasteiger partial charge in [0.25, 0.3) is 11.8 Å². The number of nitrogens with zero attached hydrogens (tertiary/aromatic N) is 3. The molecule has 0 aliphatic carbocycles. The van der Waals surface area contributed by atoms with Crippen LogP contribution in [0.1, 0.15) is 17.0 Å². The van der Waals surface area contributed by atoms with Crippen molar-refractivity contribution in [2.75, 3.05) is 7.11 Å². The molecule has 0 bridgehead atoms. The van der Waals surface area contributed by atoms with Crippen LogP contribution < -0.4 is 10.5 Å². The van der Waals surface area contributed by atoms with Crippen LogP contribution in [0.25, 0.3) is 28.2 Å². The molecule has 170 valence electrons. The minimum absolute atomic E-state index is 0.364. The number of carbonyl (C=O) groups is 1. The maximum absolute atomic E-state index is 12.3. The fourth-order valence-corrected chi connectivity index (χ4v) is 4.14. The molecule has 0 radical (unpaired) electrons. The van der Waals surface area contributed by atoms with Gasteiger partial charge in [-0.15, -0.1) is 10.2 Å². The molecule has 0 saturated carbocycles. The van der Waals surface area contributed by atoms with Gasteiger partial charge < -0.3 is 24.6 Å². The number of hydrogen-bond acceptors (Lipinski definition) is 6. The average molecular weight is 454 g/mol. The van der Waals surface area contributed by atoms with E-state index in [4.69, 9.17) is 14.9 Å². The van der Waals surface area contributed by atoms with E-state index in [2.05, 4.69) is 10.2 Å². The minimum atomic E-state index is -1.96. The van der Waals surface area contributed by atoms with Crippen LogP contribution in [-0.4, -0.2) is 32.9 Å². The van der Waals surface area contributed by atoms with E-state index in [0.717, 1.165) is 22.3 Å². The van der Waals surface area contributed by atoms with Crippen molar-refractivity contribution >= 4 is 16.8 Å². The molecule has 1 atom stereocenters. The third-order valence-corrected chi connectivity index (χ3v) is 5.85. The molecule has 0 spiro atoms. The van der Waals surface area contributed by atoms with Crippen LogP contribution in [0, 0.1) is 6.92 Å². The summed E-state index contributed by atoms with van der Waals surface area (Å²) in [5.41, 5.74) is 6.81. The Bertz CT molecular complexity index is 1490. The zero-order valence-electron chi connectivity index (χ0n) is 18.6. The number of carbonyl (C=O) groups excluding carboxylic acids is 1. The molecule has 0 aliphatic heterocycles. The van der Waals surface area contributed by atoms with Crippen molar-refractivity contribution < 1.29 is 19.1 Å². The maximum Gasteiger partial charge on any atom is 0.264 e. The van der Waals surface area contributed by atoms with Crippen molar-refractivity contribution in [2.45, 2.75) is 12.5 Å². The van der Waals surface area contributed by atoms with Crippen molar-refractivity contribution in [1.29, 1.82) is 0 Å². The number of amides is 1. The Kier molecular flexibility index (Phi) is 5.14. The van der Waals surface area contributed by atoms with E-state index in [1.54, 1.807) is 56.5 Å². The van der Waals surface area contributed by atoms with Crippen LogP contribution in [0.15, 0.2) is 83.3 Å². The molecule has 34 heavy (non-hydrogen) atoms. The number of fused-ring (bicyclic) bond motifs is 1. The predicted molar refractivity (Wildman–Crippen MR) is 126 cm³/mol. The number of aromatic nitrogens is 3. The normalized spacial score (nSPS) is 13.0. The van der Waals surface area contributed by atoms with Crippen molar-refractivity contribution in [1.82, 2.24) is 14.8 Å². The van der Waals surface area contributed by atoms with Gasteiger partial charge in [-0.25, -0.2) is 0 Å². The van der Waals surface area contributed by atoms with Crippen LogP contribution in [0.5, 0.6) is 5.75 Å². The number of hydrogen-bond donors (Lipinski definition) is 2. The Morgan fingerprint density at radius 1 is 1.00 bits per heavy atom. The van der Waals surface area contributed by atoms with Gasteiger partial charge in [0.15, 0.2) is 5.60 Å². The first-order chi connectivity index (χ1) is 16.4. The average Bonchev–Trinajstić information content (AvgIpc) is 3.46. The molecular weight excluding hydrogens is 432 g/mol. The van der Waals surface area contributed by atoms with E-state index in [0.29, 0.717) is 28.6 Å². The lowest BCUT2D eigenvalue weighted by Crippen LogP contribution is -2.42. The second-order valence-corrected chi connectivity index (χ2v) is 7.90. The molecule has 8 heteroatoms. The quantitative estimate of drug-likeness (QED) is 0.404. The Hall–Kier alpha value is -4.43. The third kappa shape index (κ3) is 3.41. The van der Waals surface area contributed by atoms with Gasteiger partial charge in [-0.05, 0) is 47.5 Å². The maximum atomic E-state index is 12.3. The van der Waals surface area contributed by atoms with Crippen molar-refractivity contribution in [2.24, 2.45) is 5.73 Å². The Balaban J connectivity index is 1.67. The van der Waals surface area contributed by atoms with Crippen molar-refractivity contribution in [3.63, 3.8) is 0 Å². The monoisotopic (exact) mass is 454 g/mol. The van der Waals surface area contributed by atoms with Crippen LogP contribution >= 0.6 is 0 Å². The Morgan fingerprint density at radius 3 is 2.32 bits per heavy atom. The van der Waals surface area contributed by atoms with E-state index in [9.17, 15) is 9.90 Å². The summed E-state index contributed by atoms with van der Waals surface area (Å²) in [5, 5.41) is 20.4. The van der Waals surface area contributed by atoms with Gasteiger partial charge >= 0.3 is 0 Å². The van der Waals surface area contributed by atoms with Crippen molar-refractivity contribution in [3.8, 4) is 23.0 Å². The van der Waals surface area contributed by atoms with Crippen LogP contribution in [-0.2, 0) is 10.4 Å². The first-order valence-corrected chi connectivity index (χ1v) is 10.6. The largest absolute Gasteiger partial charge is 0.497 e. The number of methoxy groups -OCH3 is 1. The molecule has 3 N–H and O–H groups in total. The third-order valence-electron chi connectivity index (χ3n) is 5.85. The smallest absolute Gasteiger partial charge is 0.264 e. The zero-order chi connectivity index (χ0) is 23.9. The molecule has 5 aromatic rings. The summed E-state index contributed by atoms with van der Waals surface area (Å²) in [6, 6.07) is 23.3. The van der Waals surface area contributed by atoms with Crippen LogP contribution in [0.3, 0.4) is 0 Å². The molecule has 5 rings (SSSR count). The fraction of sp³-hybridized carbons (Fsp3) is 0.115. The summed E-state index contributed by atoms with van der Waals surface area (Å²) in [7, 11) is 1.62. The Morgan fingerprint density at radius 2 is 1.71 bits per heavy atom. The number of aliphatic hydroxyl groups is 1. The molecule has 0 aliphatic rings. The molecular formula is C26H22N4O4. The van der Waals surface area contributed by atoms with E-state index < -0.39 is 11.5 Å². The molecule has 1 unspecified atom stereocenters. The SMILES string of the molecule is COc1ccc2c(c1)cc(-c1nnc(C)o1)n2-c1ccc(C(O)(C(N)=O)c2ccccc2)cc1. The lowest BCUT2D eigenvalue weighted by atomic mass is 9.85. The highest BCUT2D eigenvalue weighted by molar-refractivity contribution is 5.90. The Labute approximate surface area is 195 Å². The highest BCUT2D eigenvalue weighted by Crippen LogP contribution is 2.35. The van der Waals surface area contributed by atoms with E-state index in [1.807, 2.05) is 41.0 Å². The minimum Gasteiger partial charge on any atom is -0.497 e. The summed E-state index contributed by atoms with van der Waals surface area (Å²) in [6.45, 7) is 1.73. The number of aryl methyl sites for hydroxylation is 1. The van der Waals surface area contributed by atoms with Gasteiger partial charge in [0.05, 0.1) is 12.6 Å². The number of primary amides is 1. The molecule has 0 fully saturated rings. The summed E-state index contributed by atoms with van der Waals surface area (Å²) in [5.74, 6) is 0.693. The second kappa shape index (κ2) is 8.17. The number of benzene rings is 3. The number of ether oxygens (including phenoxy) is 1. The topological polar surface area (TPSA) is 116 Å². The summed E-state index contributed by atoms with van der Waals surface area (Å²) in [6.07, 6.45) is 0. The van der Waals surface area contributed by atoms with Gasteiger partial charge in [0, 0.05) is 18.0 Å². The van der Waals surface area contributed by atoms with Crippen molar-refractivity contribution in [3.05, 3.63) is 95.9 Å². The molecule has 3 aromatic carbocycles. The summed E-state index contributed by atoms with van der Waals surface area (Å²) in [4.78, 5) is 12.3. The molecule has 2 heterocycles. The van der Waals surface area contributed by atoms with Gasteiger partial charge in [-0.2, -0.15) is 0 Å². The van der Waals surface area contributed by atoms with E-state index in [-0.39, 0.29) is 0 Å². The van der Waals surface area contributed by atoms with Gasteiger partial charge in [0.2, 0.25) is 5.89 Å². The van der Waals surface area contributed by atoms with Crippen LogP contribution in [0.4, 0.5) is 0 Å². The standard InChI is InChI=1S/C26H22N4O4/c1-16-28-29-24(34-16)23-15-17-14-21(33-2)12-13-22(17)30(23)20-10-8-19(9-11-20)26(32,25(27)31)18-6-4-3-5-7-18/h3-15,32H,1-2H3,(H2,27,31). The first-order valence-electron chi connectivity index (χ1n) is 10.6. The molecule has 0 saturated heterocycles. The summed E-state index contributed by atoms with van der Waals surface area (Å²) < 4.78 is 13.1. The zero-order valence-corrected chi connectivity index (χ0v) is 18.6. The van der Waals surface area contributed by atoms with Gasteiger partial charge in [0.1, 0.15) is 11.4 Å². The highest BCUT2D eigenvalue weighted by atomic mass is 16.5. The first kappa shape index (κ1) is 21.4. The number of rotatable bonds is 6. The second-order valence-electron chi connectivity index (χ2n) is 7.90. The summed E-state index contributed by atoms with van der Waals surface area (Å²) >= 11 is 0. The lowest BCUT2D eigenvalue weighted by Gasteiger charge is -2.26. The predicted octanol–water partition coefficient (Wildman–Crippen LogP) is 3.72. The lowest BCUT2D eigenvalue weighted by molar-refractivity contribution is -0.133. The number of nitrogens with two attached hydrogens (primary N) is 1. The van der Waals surface area contributed by atoms with Gasteiger partial charge in [-0.3, -0.25) is 4.79 Å². The highest BCUT2D eigenvalue weighted by Gasteiger charge is 2.38. The fourth-order valence-electron chi connectivity index (χ4n) is 4.14. The van der Waals surface area contributed by atoms with Gasteiger partial charge in [-0.1, -0.05) is 42.5 Å². The molecule has 8 nitrogen and oxygen atoms in total. The van der Waals surface area contributed by atoms with E-state index >= 15 is 0 Å². The molecule has 2 aromatic heterocycles. The van der Waals surface area contributed by atoms with E-state index in [1.165, 1.54) is 0 Å².